The Balaban J connectivity index is 1.50. The van der Waals surface area contributed by atoms with Crippen LogP contribution in [0.5, 0.6) is 0 Å². The van der Waals surface area contributed by atoms with Crippen LogP contribution in [0.15, 0.2) is 18.6 Å². The molecule has 1 aromatic heterocycles. The van der Waals surface area contributed by atoms with E-state index in [1.807, 2.05) is 4.90 Å². The summed E-state index contributed by atoms with van der Waals surface area (Å²) in [6.45, 7) is 8.21. The number of hydrogen-bond donors (Lipinski definition) is 0. The zero-order chi connectivity index (χ0) is 20.4. The highest BCUT2D eigenvalue weighted by molar-refractivity contribution is 6.07. The smallest absolute Gasteiger partial charge is 0.327 e. The second-order valence-electron chi connectivity index (χ2n) is 8.84. The molecule has 0 aromatic carbocycles. The van der Waals surface area contributed by atoms with Crippen LogP contribution in [0.25, 0.3) is 0 Å². The number of carbonyl (C=O) groups excluding carboxylic acids is 2. The SMILES string of the molecule is CC(C)CN1C(=O)N(CCC2CCOC2)C(=O)C12CCN(c1cnccn1)CC2. The number of ether oxygens (including phenoxy) is 1. The van der Waals surface area contributed by atoms with Crippen molar-refractivity contribution in [3.8, 4) is 0 Å². The van der Waals surface area contributed by atoms with Gasteiger partial charge >= 0.3 is 6.03 Å². The lowest BCUT2D eigenvalue weighted by Gasteiger charge is -2.43. The molecule has 29 heavy (non-hydrogen) atoms. The lowest BCUT2D eigenvalue weighted by Crippen LogP contribution is -2.57. The maximum absolute atomic E-state index is 13.5. The van der Waals surface area contributed by atoms with Crippen molar-refractivity contribution >= 4 is 17.8 Å². The van der Waals surface area contributed by atoms with Gasteiger partial charge in [0, 0.05) is 51.8 Å². The number of carbonyl (C=O) groups is 2. The van der Waals surface area contributed by atoms with Gasteiger partial charge in [-0.2, -0.15) is 0 Å². The third-order valence-corrected chi connectivity index (χ3v) is 6.42. The summed E-state index contributed by atoms with van der Waals surface area (Å²) in [6, 6.07) is -0.115. The molecular weight excluding hydrogens is 370 g/mol. The monoisotopic (exact) mass is 401 g/mol. The standard InChI is InChI=1S/C21H31N5O3/c1-16(2)14-26-20(28)25(9-3-17-4-12-29-15-17)19(27)21(26)5-10-24(11-6-21)18-13-22-7-8-23-18/h7-8,13,16-17H,3-6,9-12,14-15H2,1-2H3. The average molecular weight is 402 g/mol. The molecule has 8 heteroatoms. The number of imide groups is 1. The fourth-order valence-corrected chi connectivity index (χ4v) is 4.76. The van der Waals surface area contributed by atoms with Gasteiger partial charge in [0.2, 0.25) is 0 Å². The van der Waals surface area contributed by atoms with Gasteiger partial charge in [0.15, 0.2) is 0 Å². The van der Waals surface area contributed by atoms with Crippen molar-refractivity contribution in [3.05, 3.63) is 18.6 Å². The molecule has 3 saturated heterocycles. The average Bonchev–Trinajstić information content (AvgIpc) is 3.31. The first-order valence-corrected chi connectivity index (χ1v) is 10.7. The molecule has 1 atom stereocenters. The van der Waals surface area contributed by atoms with Gasteiger partial charge in [-0.05, 0) is 37.5 Å². The molecule has 3 aliphatic rings. The second-order valence-corrected chi connectivity index (χ2v) is 8.84. The molecule has 3 amide bonds. The zero-order valence-electron chi connectivity index (χ0n) is 17.4. The van der Waals surface area contributed by atoms with E-state index in [0.717, 1.165) is 31.9 Å². The molecule has 158 valence electrons. The molecular formula is C21H31N5O3. The molecule has 4 heterocycles. The molecule has 3 aliphatic heterocycles. The number of nitrogens with zero attached hydrogens (tertiary/aromatic N) is 5. The van der Waals surface area contributed by atoms with Crippen molar-refractivity contribution in [2.45, 2.75) is 45.1 Å². The molecule has 1 unspecified atom stereocenters. The van der Waals surface area contributed by atoms with Gasteiger partial charge in [0.05, 0.1) is 6.20 Å². The minimum absolute atomic E-state index is 0.0131. The highest BCUT2D eigenvalue weighted by atomic mass is 16.5. The number of anilines is 1. The summed E-state index contributed by atoms with van der Waals surface area (Å²) >= 11 is 0. The quantitative estimate of drug-likeness (QED) is 0.680. The van der Waals surface area contributed by atoms with Gasteiger partial charge in [-0.3, -0.25) is 14.7 Å². The predicted molar refractivity (Wildman–Crippen MR) is 108 cm³/mol. The summed E-state index contributed by atoms with van der Waals surface area (Å²) in [5.74, 6) is 1.57. The molecule has 0 bridgehead atoms. The van der Waals surface area contributed by atoms with Gasteiger partial charge in [-0.25, -0.2) is 9.78 Å². The Bertz CT molecular complexity index is 727. The zero-order valence-corrected chi connectivity index (χ0v) is 17.4. The molecule has 0 aliphatic carbocycles. The Morgan fingerprint density at radius 2 is 2.03 bits per heavy atom. The Morgan fingerprint density at radius 3 is 2.66 bits per heavy atom. The summed E-state index contributed by atoms with van der Waals surface area (Å²) in [7, 11) is 0. The molecule has 0 saturated carbocycles. The molecule has 3 fully saturated rings. The van der Waals surface area contributed by atoms with E-state index in [4.69, 9.17) is 4.74 Å². The lowest BCUT2D eigenvalue weighted by molar-refractivity contribution is -0.134. The van der Waals surface area contributed by atoms with Crippen LogP contribution >= 0.6 is 0 Å². The second kappa shape index (κ2) is 8.26. The van der Waals surface area contributed by atoms with E-state index >= 15 is 0 Å². The molecule has 8 nitrogen and oxygen atoms in total. The largest absolute Gasteiger partial charge is 0.381 e. The lowest BCUT2D eigenvalue weighted by atomic mass is 9.85. The molecule has 1 aromatic rings. The van der Waals surface area contributed by atoms with Gasteiger partial charge < -0.3 is 14.5 Å². The number of rotatable bonds is 6. The van der Waals surface area contributed by atoms with Crippen LogP contribution in [0.1, 0.15) is 39.5 Å². The van der Waals surface area contributed by atoms with Gasteiger partial charge in [-0.15, -0.1) is 0 Å². The minimum Gasteiger partial charge on any atom is -0.381 e. The highest BCUT2D eigenvalue weighted by Crippen LogP contribution is 2.39. The van der Waals surface area contributed by atoms with E-state index in [-0.39, 0.29) is 11.9 Å². The van der Waals surface area contributed by atoms with Crippen molar-refractivity contribution in [3.63, 3.8) is 0 Å². The van der Waals surface area contributed by atoms with Crippen LogP contribution in [0, 0.1) is 11.8 Å². The van der Waals surface area contributed by atoms with Crippen molar-refractivity contribution in [1.82, 2.24) is 19.8 Å². The fraction of sp³-hybridized carbons (Fsp3) is 0.714. The van der Waals surface area contributed by atoms with Crippen LogP contribution in [0.3, 0.4) is 0 Å². The highest BCUT2D eigenvalue weighted by Gasteiger charge is 2.57. The first-order chi connectivity index (χ1) is 14.0. The van der Waals surface area contributed by atoms with Crippen molar-refractivity contribution in [1.29, 1.82) is 0 Å². The Hall–Kier alpha value is -2.22. The van der Waals surface area contributed by atoms with Crippen LogP contribution in [0.2, 0.25) is 0 Å². The van der Waals surface area contributed by atoms with Crippen LogP contribution < -0.4 is 4.90 Å². The number of piperidine rings is 1. The summed E-state index contributed by atoms with van der Waals surface area (Å²) in [4.78, 5) is 40.8. The third-order valence-electron chi connectivity index (χ3n) is 6.42. The minimum atomic E-state index is -0.716. The normalized spacial score (nSPS) is 24.4. The Kier molecular flexibility index (Phi) is 5.72. The molecule has 4 rings (SSSR count). The third kappa shape index (κ3) is 3.82. The summed E-state index contributed by atoms with van der Waals surface area (Å²) in [5, 5.41) is 0. The number of hydrogen-bond acceptors (Lipinski definition) is 6. The van der Waals surface area contributed by atoms with Gasteiger partial charge in [0.25, 0.3) is 5.91 Å². The maximum Gasteiger partial charge on any atom is 0.327 e. The summed E-state index contributed by atoms with van der Waals surface area (Å²) in [6.07, 6.45) is 8.20. The van der Waals surface area contributed by atoms with E-state index in [9.17, 15) is 9.59 Å². The number of urea groups is 1. The van der Waals surface area contributed by atoms with Crippen molar-refractivity contribution in [2.24, 2.45) is 11.8 Å². The topological polar surface area (TPSA) is 78.9 Å². The number of aromatic nitrogens is 2. The van der Waals surface area contributed by atoms with Crippen molar-refractivity contribution < 1.29 is 14.3 Å². The van der Waals surface area contributed by atoms with E-state index in [2.05, 4.69) is 28.7 Å². The fourth-order valence-electron chi connectivity index (χ4n) is 4.76. The van der Waals surface area contributed by atoms with Gasteiger partial charge in [0.1, 0.15) is 11.4 Å². The predicted octanol–water partition coefficient (Wildman–Crippen LogP) is 2.16. The van der Waals surface area contributed by atoms with Crippen LogP contribution in [0.4, 0.5) is 10.6 Å². The Labute approximate surface area is 172 Å². The van der Waals surface area contributed by atoms with E-state index in [1.54, 1.807) is 18.6 Å². The van der Waals surface area contributed by atoms with Crippen LogP contribution in [-0.2, 0) is 9.53 Å². The summed E-state index contributed by atoms with van der Waals surface area (Å²) < 4.78 is 5.45. The van der Waals surface area contributed by atoms with Gasteiger partial charge in [-0.1, -0.05) is 13.8 Å². The Morgan fingerprint density at radius 1 is 1.24 bits per heavy atom. The first kappa shape index (κ1) is 20.1. The van der Waals surface area contributed by atoms with Crippen LogP contribution in [-0.4, -0.2) is 76.6 Å². The molecule has 0 radical (unpaired) electrons. The molecule has 1 spiro atoms. The molecule has 0 N–H and O–H groups in total. The van der Waals surface area contributed by atoms with E-state index in [0.29, 0.717) is 50.9 Å². The number of amides is 3. The maximum atomic E-state index is 13.5. The van der Waals surface area contributed by atoms with E-state index < -0.39 is 5.54 Å². The van der Waals surface area contributed by atoms with Crippen molar-refractivity contribution in [2.75, 3.05) is 44.3 Å². The summed E-state index contributed by atoms with van der Waals surface area (Å²) in [5.41, 5.74) is -0.716. The first-order valence-electron chi connectivity index (χ1n) is 10.7. The van der Waals surface area contributed by atoms with E-state index in [1.165, 1.54) is 4.90 Å².